The largest absolute Gasteiger partial charge is 0.388 e. The highest BCUT2D eigenvalue weighted by Gasteiger charge is 2.52. The Hall–Kier alpha value is -0.620. The van der Waals surface area contributed by atoms with Crippen LogP contribution in [0.5, 0.6) is 0 Å². The molecule has 5 heteroatoms. The first kappa shape index (κ1) is 8.96. The highest BCUT2D eigenvalue weighted by molar-refractivity contribution is 5.21. The van der Waals surface area contributed by atoms with Crippen LogP contribution in [0.2, 0.25) is 0 Å². The van der Waals surface area contributed by atoms with E-state index in [0.717, 1.165) is 0 Å². The van der Waals surface area contributed by atoms with Gasteiger partial charge in [-0.3, -0.25) is 0 Å². The van der Waals surface area contributed by atoms with Crippen LogP contribution < -0.4 is 0 Å². The maximum Gasteiger partial charge on any atom is 0.121 e. The second kappa shape index (κ2) is 2.68. The van der Waals surface area contributed by atoms with Crippen molar-refractivity contribution in [1.29, 1.82) is 0 Å². The molecule has 0 spiro atoms. The van der Waals surface area contributed by atoms with Gasteiger partial charge in [0.15, 0.2) is 0 Å². The number of hydrogen-bond acceptors (Lipinski definition) is 5. The van der Waals surface area contributed by atoms with Crippen molar-refractivity contribution in [3.8, 4) is 0 Å². The summed E-state index contributed by atoms with van der Waals surface area (Å²) in [5, 5.41) is 37.7. The van der Waals surface area contributed by atoms with Crippen LogP contribution in [0.1, 0.15) is 0 Å². The van der Waals surface area contributed by atoms with Crippen molar-refractivity contribution in [1.82, 2.24) is 4.90 Å². The lowest BCUT2D eigenvalue weighted by Crippen LogP contribution is -2.41. The smallest absolute Gasteiger partial charge is 0.121 e. The topological polar surface area (TPSA) is 84.2 Å². The van der Waals surface area contributed by atoms with Gasteiger partial charge in [0.25, 0.3) is 0 Å². The zero-order valence-corrected chi connectivity index (χ0v) is 7.04. The fourth-order valence-corrected chi connectivity index (χ4v) is 2.09. The monoisotopic (exact) mass is 187 g/mol. The van der Waals surface area contributed by atoms with Gasteiger partial charge in [0.05, 0.1) is 12.1 Å². The standard InChI is InChI=1S/C8H13NO4/c1-3-6(11)8(13)5-7(12)4(10)2-9(3)5/h4-8,10-13H,1-2H2/t4-,5+,6+,7-,8+/m0/s1. The van der Waals surface area contributed by atoms with Gasteiger partial charge in [0.1, 0.15) is 18.3 Å². The molecule has 5 atom stereocenters. The molecule has 2 aliphatic rings. The van der Waals surface area contributed by atoms with E-state index < -0.39 is 30.5 Å². The summed E-state index contributed by atoms with van der Waals surface area (Å²) in [5.41, 5.74) is 0.369. The lowest BCUT2D eigenvalue weighted by molar-refractivity contribution is -0.0189. The molecule has 2 saturated heterocycles. The van der Waals surface area contributed by atoms with Crippen LogP contribution in [0.3, 0.4) is 0 Å². The van der Waals surface area contributed by atoms with Crippen molar-refractivity contribution in [2.24, 2.45) is 0 Å². The average Bonchev–Trinajstić information content (AvgIpc) is 2.48. The first-order valence-corrected chi connectivity index (χ1v) is 4.21. The van der Waals surface area contributed by atoms with Crippen molar-refractivity contribution >= 4 is 0 Å². The fourth-order valence-electron chi connectivity index (χ4n) is 2.09. The van der Waals surface area contributed by atoms with Gasteiger partial charge in [-0.25, -0.2) is 0 Å². The van der Waals surface area contributed by atoms with Crippen molar-refractivity contribution in [3.63, 3.8) is 0 Å². The van der Waals surface area contributed by atoms with Crippen molar-refractivity contribution < 1.29 is 20.4 Å². The zero-order chi connectivity index (χ0) is 9.75. The van der Waals surface area contributed by atoms with E-state index >= 15 is 0 Å². The number of nitrogens with zero attached hydrogens (tertiary/aromatic N) is 1. The quantitative estimate of drug-likeness (QED) is 0.341. The normalized spacial score (nSPS) is 50.0. The number of hydrogen-bond donors (Lipinski definition) is 4. The Morgan fingerprint density at radius 3 is 2.31 bits per heavy atom. The molecule has 4 N–H and O–H groups in total. The van der Waals surface area contributed by atoms with Gasteiger partial charge in [-0.05, 0) is 0 Å². The zero-order valence-electron chi connectivity index (χ0n) is 7.04. The van der Waals surface area contributed by atoms with Gasteiger partial charge in [0, 0.05) is 12.2 Å². The van der Waals surface area contributed by atoms with Gasteiger partial charge in [-0.2, -0.15) is 0 Å². The molecule has 0 bridgehead atoms. The molecule has 0 unspecified atom stereocenters. The molecule has 0 radical (unpaired) electrons. The molecule has 74 valence electrons. The molecule has 2 rings (SSSR count). The summed E-state index contributed by atoms with van der Waals surface area (Å²) in [6.45, 7) is 3.81. The second-order valence-electron chi connectivity index (χ2n) is 3.63. The molecule has 5 nitrogen and oxygen atoms in total. The Bertz CT molecular complexity index is 244. The van der Waals surface area contributed by atoms with E-state index in [9.17, 15) is 20.4 Å². The summed E-state index contributed by atoms with van der Waals surface area (Å²) in [4.78, 5) is 1.56. The molecule has 2 fully saturated rings. The molecule has 0 aromatic carbocycles. The molecule has 0 amide bonds. The van der Waals surface area contributed by atoms with E-state index in [1.165, 1.54) is 0 Å². The third-order valence-corrected chi connectivity index (χ3v) is 2.87. The van der Waals surface area contributed by atoms with Crippen LogP contribution >= 0.6 is 0 Å². The summed E-state index contributed by atoms with van der Waals surface area (Å²) in [6.07, 6.45) is -3.96. The summed E-state index contributed by atoms with van der Waals surface area (Å²) >= 11 is 0. The molecule has 2 aliphatic heterocycles. The van der Waals surface area contributed by atoms with E-state index in [1.54, 1.807) is 4.90 Å². The SMILES string of the molecule is C=C1[C@@H](O)[C@H](O)[C@H]2[C@@H](O)[C@@H](O)CN12. The van der Waals surface area contributed by atoms with Gasteiger partial charge >= 0.3 is 0 Å². The number of fused-ring (bicyclic) bond motifs is 1. The molecule has 0 saturated carbocycles. The van der Waals surface area contributed by atoms with Crippen LogP contribution in [0.15, 0.2) is 12.3 Å². The third kappa shape index (κ3) is 1.02. The van der Waals surface area contributed by atoms with Crippen LogP contribution in [-0.4, -0.2) is 62.3 Å². The summed E-state index contributed by atoms with van der Waals surface area (Å²) in [5.74, 6) is 0. The van der Waals surface area contributed by atoms with E-state index in [-0.39, 0.29) is 6.54 Å². The Morgan fingerprint density at radius 1 is 1.15 bits per heavy atom. The van der Waals surface area contributed by atoms with E-state index in [0.29, 0.717) is 5.70 Å². The maximum atomic E-state index is 9.50. The van der Waals surface area contributed by atoms with Crippen molar-refractivity contribution in [2.45, 2.75) is 30.5 Å². The van der Waals surface area contributed by atoms with Crippen molar-refractivity contribution in [2.75, 3.05) is 6.54 Å². The molecule has 0 aliphatic carbocycles. The predicted octanol–water partition coefficient (Wildman–Crippen LogP) is -2.36. The Balaban J connectivity index is 2.27. The average molecular weight is 187 g/mol. The van der Waals surface area contributed by atoms with E-state index in [4.69, 9.17) is 0 Å². The maximum absolute atomic E-state index is 9.50. The highest BCUT2D eigenvalue weighted by atomic mass is 16.4. The van der Waals surface area contributed by atoms with Crippen molar-refractivity contribution in [3.05, 3.63) is 12.3 Å². The summed E-state index contributed by atoms with van der Waals surface area (Å²) < 4.78 is 0. The Morgan fingerprint density at radius 2 is 1.77 bits per heavy atom. The predicted molar refractivity (Wildman–Crippen MR) is 43.7 cm³/mol. The van der Waals surface area contributed by atoms with Gasteiger partial charge in [-0.1, -0.05) is 6.58 Å². The molecule has 2 heterocycles. The second-order valence-corrected chi connectivity index (χ2v) is 3.63. The summed E-state index contributed by atoms with van der Waals surface area (Å²) in [7, 11) is 0. The van der Waals surface area contributed by atoms with Crippen LogP contribution in [0, 0.1) is 0 Å². The molecule has 13 heavy (non-hydrogen) atoms. The van der Waals surface area contributed by atoms with Gasteiger partial charge in [-0.15, -0.1) is 0 Å². The minimum Gasteiger partial charge on any atom is -0.388 e. The molecule has 0 aromatic heterocycles. The fraction of sp³-hybridized carbons (Fsp3) is 0.750. The lowest BCUT2D eigenvalue weighted by Gasteiger charge is -2.20. The van der Waals surface area contributed by atoms with Gasteiger partial charge < -0.3 is 25.3 Å². The van der Waals surface area contributed by atoms with Crippen LogP contribution in [0.4, 0.5) is 0 Å². The highest BCUT2D eigenvalue weighted by Crippen LogP contribution is 2.34. The minimum absolute atomic E-state index is 0.221. The first-order chi connectivity index (χ1) is 6.04. The number of aliphatic hydroxyl groups excluding tert-OH is 4. The molecular formula is C8H13NO4. The Kier molecular flexibility index (Phi) is 1.85. The van der Waals surface area contributed by atoms with E-state index in [1.807, 2.05) is 0 Å². The summed E-state index contributed by atoms with van der Waals surface area (Å²) in [6, 6.07) is -0.613. The minimum atomic E-state index is -1.06. The first-order valence-electron chi connectivity index (χ1n) is 4.21. The van der Waals surface area contributed by atoms with Crippen LogP contribution in [0.25, 0.3) is 0 Å². The van der Waals surface area contributed by atoms with Crippen LogP contribution in [-0.2, 0) is 0 Å². The van der Waals surface area contributed by atoms with Gasteiger partial charge in [0.2, 0.25) is 0 Å². The molecule has 0 aromatic rings. The third-order valence-electron chi connectivity index (χ3n) is 2.87. The lowest BCUT2D eigenvalue weighted by atomic mass is 10.0. The number of rotatable bonds is 0. The van der Waals surface area contributed by atoms with E-state index in [2.05, 4.69) is 6.58 Å². The number of aliphatic hydroxyl groups is 4. The molecular weight excluding hydrogens is 174 g/mol. The Labute approximate surface area is 75.5 Å².